The fourth-order valence-corrected chi connectivity index (χ4v) is 2.90. The van der Waals surface area contributed by atoms with Crippen molar-refractivity contribution in [3.63, 3.8) is 0 Å². The molecule has 1 aliphatic rings. The van der Waals surface area contributed by atoms with Crippen LogP contribution in [0.15, 0.2) is 42.7 Å². The van der Waals surface area contributed by atoms with E-state index in [0.717, 1.165) is 48.1 Å². The van der Waals surface area contributed by atoms with Crippen LogP contribution in [0.25, 0.3) is 0 Å². The summed E-state index contributed by atoms with van der Waals surface area (Å²) in [4.78, 5) is 8.78. The number of aliphatic hydroxyl groups excluding tert-OH is 1. The summed E-state index contributed by atoms with van der Waals surface area (Å²) in [6.07, 6.45) is 3.55. The Labute approximate surface area is 129 Å². The summed E-state index contributed by atoms with van der Waals surface area (Å²) >= 11 is 6.06. The second kappa shape index (κ2) is 6.33. The van der Waals surface area contributed by atoms with Crippen LogP contribution in [-0.2, 0) is 6.61 Å². The molecule has 110 valence electrons. The Bertz CT molecular complexity index is 612. The number of hydrogen-bond donors (Lipinski definition) is 1. The molecule has 5 heteroatoms. The Morgan fingerprint density at radius 3 is 2.57 bits per heavy atom. The molecule has 21 heavy (non-hydrogen) atoms. The van der Waals surface area contributed by atoms with E-state index in [-0.39, 0.29) is 6.61 Å². The number of halogens is 1. The highest BCUT2D eigenvalue weighted by molar-refractivity contribution is 6.30. The lowest BCUT2D eigenvalue weighted by molar-refractivity contribution is 0.282. The highest BCUT2D eigenvalue weighted by Gasteiger charge is 2.19. The molecule has 0 unspecified atom stereocenters. The van der Waals surface area contributed by atoms with Gasteiger partial charge in [-0.15, -0.1) is 0 Å². The lowest BCUT2D eigenvalue weighted by Gasteiger charge is -2.37. The largest absolute Gasteiger partial charge is 0.392 e. The van der Waals surface area contributed by atoms with Gasteiger partial charge in [0, 0.05) is 48.6 Å². The van der Waals surface area contributed by atoms with Crippen molar-refractivity contribution >= 4 is 23.0 Å². The van der Waals surface area contributed by atoms with E-state index in [1.54, 1.807) is 6.20 Å². The van der Waals surface area contributed by atoms with Crippen LogP contribution in [0.3, 0.4) is 0 Å². The fraction of sp³-hybridized carbons (Fsp3) is 0.312. The number of aliphatic hydroxyl groups is 1. The lowest BCUT2D eigenvalue weighted by Crippen LogP contribution is -2.46. The molecule has 0 aliphatic carbocycles. The van der Waals surface area contributed by atoms with Gasteiger partial charge in [0.2, 0.25) is 0 Å². The summed E-state index contributed by atoms with van der Waals surface area (Å²) in [5.41, 5.74) is 3.13. The topological polar surface area (TPSA) is 39.6 Å². The second-order valence-corrected chi connectivity index (χ2v) is 5.55. The first-order chi connectivity index (χ1) is 10.3. The Hall–Kier alpha value is -1.78. The van der Waals surface area contributed by atoms with E-state index >= 15 is 0 Å². The zero-order valence-corrected chi connectivity index (χ0v) is 12.5. The van der Waals surface area contributed by atoms with Crippen molar-refractivity contribution in [2.45, 2.75) is 6.61 Å². The number of aromatic nitrogens is 1. The number of hydrogen-bond acceptors (Lipinski definition) is 4. The maximum Gasteiger partial charge on any atom is 0.0703 e. The number of anilines is 2. The van der Waals surface area contributed by atoms with E-state index in [0.29, 0.717) is 0 Å². The molecule has 0 bridgehead atoms. The minimum atomic E-state index is 0.0480. The van der Waals surface area contributed by atoms with Gasteiger partial charge in [-0.25, -0.2) is 0 Å². The Morgan fingerprint density at radius 1 is 1.10 bits per heavy atom. The van der Waals surface area contributed by atoms with Gasteiger partial charge < -0.3 is 14.9 Å². The molecule has 1 aliphatic heterocycles. The van der Waals surface area contributed by atoms with Crippen LogP contribution in [0.2, 0.25) is 5.02 Å². The molecule has 2 heterocycles. The summed E-state index contributed by atoms with van der Waals surface area (Å²) in [6.45, 7) is 3.73. The molecule has 1 aromatic carbocycles. The van der Waals surface area contributed by atoms with Crippen LogP contribution in [0.5, 0.6) is 0 Å². The quantitative estimate of drug-likeness (QED) is 0.946. The van der Waals surface area contributed by atoms with Crippen LogP contribution in [0.1, 0.15) is 5.56 Å². The van der Waals surface area contributed by atoms with Gasteiger partial charge in [-0.3, -0.25) is 4.98 Å². The van der Waals surface area contributed by atoms with Gasteiger partial charge in [-0.1, -0.05) is 17.7 Å². The zero-order chi connectivity index (χ0) is 14.7. The van der Waals surface area contributed by atoms with Crippen molar-refractivity contribution in [3.8, 4) is 0 Å². The average Bonchev–Trinajstić information content (AvgIpc) is 2.55. The Balaban J connectivity index is 1.70. The molecule has 4 nitrogen and oxygen atoms in total. The van der Waals surface area contributed by atoms with Gasteiger partial charge in [-0.05, 0) is 24.3 Å². The van der Waals surface area contributed by atoms with E-state index in [4.69, 9.17) is 11.6 Å². The molecule has 1 N–H and O–H groups in total. The number of piperazine rings is 1. The second-order valence-electron chi connectivity index (χ2n) is 5.12. The molecule has 0 amide bonds. The standard InChI is InChI=1S/C16H18ClN3O/c17-14-2-1-3-15(10-14)19-6-8-20(9-7-19)16-11-18-5-4-13(16)12-21/h1-5,10-11,21H,6-9,12H2. The maximum absolute atomic E-state index is 9.43. The van der Waals surface area contributed by atoms with Crippen molar-refractivity contribution in [2.24, 2.45) is 0 Å². The molecule has 1 aromatic heterocycles. The van der Waals surface area contributed by atoms with Crippen molar-refractivity contribution in [1.29, 1.82) is 0 Å². The van der Waals surface area contributed by atoms with Gasteiger partial charge in [-0.2, -0.15) is 0 Å². The van der Waals surface area contributed by atoms with Gasteiger partial charge in [0.1, 0.15) is 0 Å². The lowest BCUT2D eigenvalue weighted by atomic mass is 10.2. The smallest absolute Gasteiger partial charge is 0.0703 e. The molecule has 0 radical (unpaired) electrons. The first kappa shape index (κ1) is 14.2. The summed E-state index contributed by atoms with van der Waals surface area (Å²) in [5, 5.41) is 10.2. The molecule has 0 spiro atoms. The SMILES string of the molecule is OCc1ccncc1N1CCN(c2cccc(Cl)c2)CC1. The van der Waals surface area contributed by atoms with E-state index in [1.165, 1.54) is 0 Å². The van der Waals surface area contributed by atoms with Crippen molar-refractivity contribution < 1.29 is 5.11 Å². The maximum atomic E-state index is 9.43. The number of benzene rings is 1. The third kappa shape index (κ3) is 3.12. The molecular weight excluding hydrogens is 286 g/mol. The van der Waals surface area contributed by atoms with Gasteiger partial charge >= 0.3 is 0 Å². The van der Waals surface area contributed by atoms with Gasteiger partial charge in [0.25, 0.3) is 0 Å². The van der Waals surface area contributed by atoms with Crippen LogP contribution < -0.4 is 9.80 Å². The van der Waals surface area contributed by atoms with Crippen LogP contribution in [-0.4, -0.2) is 36.3 Å². The third-order valence-electron chi connectivity index (χ3n) is 3.85. The van der Waals surface area contributed by atoms with E-state index in [1.807, 2.05) is 30.5 Å². The zero-order valence-electron chi connectivity index (χ0n) is 11.7. The van der Waals surface area contributed by atoms with Crippen LogP contribution in [0.4, 0.5) is 11.4 Å². The highest BCUT2D eigenvalue weighted by atomic mass is 35.5. The van der Waals surface area contributed by atoms with Crippen LogP contribution >= 0.6 is 11.6 Å². The summed E-state index contributed by atoms with van der Waals surface area (Å²) < 4.78 is 0. The van der Waals surface area contributed by atoms with Gasteiger partial charge in [0.15, 0.2) is 0 Å². The highest BCUT2D eigenvalue weighted by Crippen LogP contribution is 2.24. The first-order valence-electron chi connectivity index (χ1n) is 7.07. The average molecular weight is 304 g/mol. The molecule has 1 saturated heterocycles. The number of rotatable bonds is 3. The number of pyridine rings is 1. The third-order valence-corrected chi connectivity index (χ3v) is 4.09. The van der Waals surface area contributed by atoms with E-state index < -0.39 is 0 Å². The molecule has 1 fully saturated rings. The first-order valence-corrected chi connectivity index (χ1v) is 7.45. The summed E-state index contributed by atoms with van der Waals surface area (Å²) in [5.74, 6) is 0. The minimum absolute atomic E-state index is 0.0480. The normalized spacial score (nSPS) is 15.3. The van der Waals surface area contributed by atoms with Crippen LogP contribution in [0, 0.1) is 0 Å². The Morgan fingerprint density at radius 2 is 1.86 bits per heavy atom. The molecule has 0 atom stereocenters. The van der Waals surface area contributed by atoms with Crippen molar-refractivity contribution in [1.82, 2.24) is 4.98 Å². The Kier molecular flexibility index (Phi) is 4.27. The monoisotopic (exact) mass is 303 g/mol. The van der Waals surface area contributed by atoms with E-state index in [9.17, 15) is 5.11 Å². The van der Waals surface area contributed by atoms with Crippen molar-refractivity contribution in [2.75, 3.05) is 36.0 Å². The van der Waals surface area contributed by atoms with Crippen molar-refractivity contribution in [3.05, 3.63) is 53.3 Å². The molecule has 3 rings (SSSR count). The number of nitrogens with zero attached hydrogens (tertiary/aromatic N) is 3. The molecular formula is C16H18ClN3O. The van der Waals surface area contributed by atoms with E-state index in [2.05, 4.69) is 20.9 Å². The predicted octanol–water partition coefficient (Wildman–Crippen LogP) is 2.55. The molecule has 2 aromatic rings. The summed E-state index contributed by atoms with van der Waals surface area (Å²) in [7, 11) is 0. The fourth-order valence-electron chi connectivity index (χ4n) is 2.71. The van der Waals surface area contributed by atoms with Gasteiger partial charge in [0.05, 0.1) is 18.5 Å². The minimum Gasteiger partial charge on any atom is -0.392 e. The summed E-state index contributed by atoms with van der Waals surface area (Å²) in [6, 6.07) is 9.84. The predicted molar refractivity (Wildman–Crippen MR) is 86.0 cm³/mol. The molecule has 0 saturated carbocycles.